The van der Waals surface area contributed by atoms with E-state index in [1.165, 1.54) is 0 Å². The van der Waals surface area contributed by atoms with Gasteiger partial charge in [0.25, 0.3) is 0 Å². The molecule has 0 aliphatic rings. The van der Waals surface area contributed by atoms with Gasteiger partial charge in [0.05, 0.1) is 0 Å². The maximum atomic E-state index is 6.37. The Morgan fingerprint density at radius 3 is 1.77 bits per heavy atom. The normalized spacial score (nSPS) is 8.62. The molecular formula is C6H14N6O+2. The molecule has 0 unspecified atom stereocenters. The fourth-order valence-corrected chi connectivity index (χ4v) is 0.677. The first-order valence-corrected chi connectivity index (χ1v) is 4.06. The predicted octanol–water partition coefficient (Wildman–Crippen LogP) is 0.884. The minimum absolute atomic E-state index is 0.538. The van der Waals surface area contributed by atoms with E-state index < -0.39 is 0 Å². The van der Waals surface area contributed by atoms with Crippen molar-refractivity contribution in [1.82, 2.24) is 9.82 Å². The van der Waals surface area contributed by atoms with Crippen LogP contribution >= 0.6 is 0 Å². The summed E-state index contributed by atoms with van der Waals surface area (Å²) in [6.07, 6.45) is 1.56. The number of rotatable bonds is 8. The second kappa shape index (κ2) is 10.6. The van der Waals surface area contributed by atoms with Crippen LogP contribution in [0.4, 0.5) is 0 Å². The SMILES string of the molecule is N=[N+]=NCCCOCCCN=[N+]=N. The molecule has 0 aliphatic heterocycles. The van der Waals surface area contributed by atoms with Crippen LogP contribution in [-0.2, 0) is 4.74 Å². The number of ether oxygens (including phenoxy) is 1. The van der Waals surface area contributed by atoms with Gasteiger partial charge in [-0.3, -0.25) is 0 Å². The summed E-state index contributed by atoms with van der Waals surface area (Å²) in [5, 5.41) is 6.94. The van der Waals surface area contributed by atoms with Gasteiger partial charge in [0.15, 0.2) is 0 Å². The van der Waals surface area contributed by atoms with Crippen LogP contribution in [0.25, 0.3) is 0 Å². The lowest BCUT2D eigenvalue weighted by Gasteiger charge is -1.97. The molecule has 7 heteroatoms. The fraction of sp³-hybridized carbons (Fsp3) is 1.00. The van der Waals surface area contributed by atoms with Crippen molar-refractivity contribution in [1.29, 1.82) is 11.1 Å². The van der Waals surface area contributed by atoms with Crippen LogP contribution in [-0.4, -0.2) is 26.3 Å². The third-order valence-corrected chi connectivity index (χ3v) is 1.23. The van der Waals surface area contributed by atoms with Crippen molar-refractivity contribution < 1.29 is 4.74 Å². The molecule has 7 nitrogen and oxygen atoms in total. The van der Waals surface area contributed by atoms with Crippen molar-refractivity contribution in [2.75, 3.05) is 26.3 Å². The Balaban J connectivity index is 2.99. The molecule has 2 N–H and O–H groups in total. The highest BCUT2D eigenvalue weighted by Crippen LogP contribution is 1.86. The van der Waals surface area contributed by atoms with Gasteiger partial charge in [-0.15, -0.1) is 0 Å². The Bertz CT molecular complexity index is 183. The maximum absolute atomic E-state index is 6.37. The molecule has 0 heterocycles. The standard InChI is InChI=1S/C6H14N6O/c7-11-9-3-1-5-13-6-2-4-10-12-8/h7-8H,1-6H2/q+2. The summed E-state index contributed by atoms with van der Waals surface area (Å²) in [6, 6.07) is 0. The van der Waals surface area contributed by atoms with Crippen molar-refractivity contribution in [3.05, 3.63) is 0 Å². The van der Waals surface area contributed by atoms with Gasteiger partial charge < -0.3 is 4.74 Å². The molecule has 0 spiro atoms. The van der Waals surface area contributed by atoms with Crippen LogP contribution in [0.15, 0.2) is 10.2 Å². The van der Waals surface area contributed by atoms with Crippen molar-refractivity contribution in [3.8, 4) is 0 Å². The Kier molecular flexibility index (Phi) is 9.42. The highest BCUT2D eigenvalue weighted by molar-refractivity contribution is 4.41. The van der Waals surface area contributed by atoms with Crippen molar-refractivity contribution in [3.63, 3.8) is 0 Å². The number of hydrogen-bond acceptors (Lipinski definition) is 5. The number of nitrogens with one attached hydrogen (secondary N) is 2. The van der Waals surface area contributed by atoms with Gasteiger partial charge >= 0.3 is 0 Å². The molecule has 13 heavy (non-hydrogen) atoms. The predicted molar refractivity (Wildman–Crippen MR) is 44.4 cm³/mol. The quantitative estimate of drug-likeness (QED) is 0.327. The van der Waals surface area contributed by atoms with E-state index in [0.717, 1.165) is 12.8 Å². The third-order valence-electron chi connectivity index (χ3n) is 1.23. The second-order valence-electron chi connectivity index (χ2n) is 2.25. The Hall–Kier alpha value is -1.42. The van der Waals surface area contributed by atoms with Gasteiger partial charge in [-0.1, -0.05) is 0 Å². The summed E-state index contributed by atoms with van der Waals surface area (Å²) >= 11 is 0. The average Bonchev–Trinajstić information content (AvgIpc) is 2.16. The summed E-state index contributed by atoms with van der Waals surface area (Å²) in [7, 11) is 0. The molecule has 0 saturated carbocycles. The summed E-state index contributed by atoms with van der Waals surface area (Å²) in [5.74, 6) is 0. The molecule has 0 fully saturated rings. The number of hydrogen-bond donors (Lipinski definition) is 2. The topological polar surface area (TPSA) is 110 Å². The molecule has 0 saturated heterocycles. The van der Waals surface area contributed by atoms with E-state index in [-0.39, 0.29) is 0 Å². The lowest BCUT2D eigenvalue weighted by atomic mass is 10.4. The zero-order valence-electron chi connectivity index (χ0n) is 7.44. The molecule has 0 radical (unpaired) electrons. The van der Waals surface area contributed by atoms with Gasteiger partial charge in [0, 0.05) is 13.2 Å². The molecule has 0 bridgehead atoms. The van der Waals surface area contributed by atoms with Crippen LogP contribution in [0.1, 0.15) is 12.8 Å². The van der Waals surface area contributed by atoms with Crippen molar-refractivity contribution in [2.24, 2.45) is 10.2 Å². The van der Waals surface area contributed by atoms with Crippen molar-refractivity contribution >= 4 is 0 Å². The Morgan fingerprint density at radius 2 is 1.38 bits per heavy atom. The van der Waals surface area contributed by atoms with Gasteiger partial charge in [0.2, 0.25) is 9.82 Å². The second-order valence-corrected chi connectivity index (χ2v) is 2.25. The molecule has 0 atom stereocenters. The smallest absolute Gasteiger partial charge is 0.214 e. The zero-order valence-corrected chi connectivity index (χ0v) is 7.44. The fourth-order valence-electron chi connectivity index (χ4n) is 0.677. The van der Waals surface area contributed by atoms with Gasteiger partial charge in [-0.25, -0.2) is 0 Å². The summed E-state index contributed by atoms with van der Waals surface area (Å²) in [4.78, 5) is 5.73. The maximum Gasteiger partial charge on any atom is 0.214 e. The lowest BCUT2D eigenvalue weighted by molar-refractivity contribution is 0.132. The number of nitrogens with zero attached hydrogens (tertiary/aromatic N) is 4. The van der Waals surface area contributed by atoms with Crippen LogP contribution in [0.3, 0.4) is 0 Å². The van der Waals surface area contributed by atoms with E-state index in [4.69, 9.17) is 15.8 Å². The minimum Gasteiger partial charge on any atom is -0.381 e. The first kappa shape index (κ1) is 11.6. The summed E-state index contributed by atoms with van der Waals surface area (Å²) < 4.78 is 5.20. The highest BCUT2D eigenvalue weighted by atomic mass is 16.5. The minimum atomic E-state index is 0.538. The van der Waals surface area contributed by atoms with Crippen LogP contribution in [0.2, 0.25) is 0 Å². The van der Waals surface area contributed by atoms with E-state index in [1.54, 1.807) is 0 Å². The molecule has 0 aliphatic carbocycles. The van der Waals surface area contributed by atoms with Crippen molar-refractivity contribution in [2.45, 2.75) is 12.8 Å². The van der Waals surface area contributed by atoms with Gasteiger partial charge in [-0.2, -0.15) is 0 Å². The lowest BCUT2D eigenvalue weighted by Crippen LogP contribution is -1.99. The van der Waals surface area contributed by atoms with Gasteiger partial charge in [0.1, 0.15) is 34.4 Å². The molecule has 0 rings (SSSR count). The van der Waals surface area contributed by atoms with E-state index >= 15 is 0 Å². The van der Waals surface area contributed by atoms with Crippen LogP contribution in [0.5, 0.6) is 0 Å². The molecule has 0 aromatic carbocycles. The summed E-state index contributed by atoms with van der Waals surface area (Å²) in [6.45, 7) is 2.32. The van der Waals surface area contributed by atoms with E-state index in [1.807, 2.05) is 0 Å². The molecule has 0 aromatic heterocycles. The largest absolute Gasteiger partial charge is 0.381 e. The molecule has 0 aromatic rings. The third kappa shape index (κ3) is 10.6. The first-order valence-electron chi connectivity index (χ1n) is 4.06. The Labute approximate surface area is 75.9 Å². The van der Waals surface area contributed by atoms with Crippen LogP contribution in [0, 0.1) is 11.1 Å². The van der Waals surface area contributed by atoms with E-state index in [9.17, 15) is 0 Å². The zero-order chi connectivity index (χ0) is 9.78. The van der Waals surface area contributed by atoms with E-state index in [2.05, 4.69) is 20.1 Å². The van der Waals surface area contributed by atoms with Gasteiger partial charge in [-0.05, 0) is 12.8 Å². The molecule has 72 valence electrons. The molecular weight excluding hydrogens is 172 g/mol. The average molecular weight is 186 g/mol. The highest BCUT2D eigenvalue weighted by Gasteiger charge is 1.92. The first-order chi connectivity index (χ1) is 6.41. The Morgan fingerprint density at radius 1 is 0.923 bits per heavy atom. The monoisotopic (exact) mass is 186 g/mol. The summed E-state index contributed by atoms with van der Waals surface area (Å²) in [5.41, 5.74) is 12.7. The molecule has 0 amide bonds. The van der Waals surface area contributed by atoms with Crippen LogP contribution < -0.4 is 9.82 Å². The van der Waals surface area contributed by atoms with E-state index in [0.29, 0.717) is 26.3 Å².